The van der Waals surface area contributed by atoms with Crippen LogP contribution in [0.2, 0.25) is 0 Å². The highest BCUT2D eigenvalue weighted by molar-refractivity contribution is 9.10. The number of hydrogen-bond donors (Lipinski definition) is 1. The normalized spacial score (nSPS) is 21.5. The molecule has 1 nitrogen and oxygen atoms in total. The van der Waals surface area contributed by atoms with Crippen LogP contribution in [0, 0.1) is 0 Å². The van der Waals surface area contributed by atoms with E-state index in [2.05, 4.69) is 21.3 Å². The van der Waals surface area contributed by atoms with Crippen molar-refractivity contribution in [3.63, 3.8) is 0 Å². The molecule has 66 valence electrons. The van der Waals surface area contributed by atoms with Gasteiger partial charge in [0.15, 0.2) is 0 Å². The van der Waals surface area contributed by atoms with Crippen molar-refractivity contribution >= 4 is 27.3 Å². The second-order valence-corrected chi connectivity index (χ2v) is 4.97. The average molecular weight is 247 g/mol. The summed E-state index contributed by atoms with van der Waals surface area (Å²) in [6.45, 7) is 0. The third kappa shape index (κ3) is 1.34. The molecule has 1 aromatic rings. The van der Waals surface area contributed by atoms with Gasteiger partial charge in [0.1, 0.15) is 0 Å². The number of thiophene rings is 1. The Morgan fingerprint density at radius 1 is 1.33 bits per heavy atom. The summed E-state index contributed by atoms with van der Waals surface area (Å²) in [5.74, 6) is 0. The quantitative estimate of drug-likeness (QED) is 0.807. The van der Waals surface area contributed by atoms with Crippen molar-refractivity contribution in [3.8, 4) is 0 Å². The van der Waals surface area contributed by atoms with Crippen LogP contribution in [0.1, 0.15) is 31.2 Å². The van der Waals surface area contributed by atoms with Crippen molar-refractivity contribution < 1.29 is 5.11 Å². The van der Waals surface area contributed by atoms with Crippen molar-refractivity contribution in [2.45, 2.75) is 31.3 Å². The van der Waals surface area contributed by atoms with Crippen LogP contribution in [0.25, 0.3) is 0 Å². The molecule has 1 aromatic heterocycles. The molecule has 0 spiro atoms. The zero-order valence-electron chi connectivity index (χ0n) is 6.72. The Bertz CT molecular complexity index is 276. The standard InChI is InChI=1S/C9H11BrOS/c10-8-6-12-5-7(8)9(11)3-1-2-4-9/h5-6,11H,1-4H2. The molecule has 0 atom stereocenters. The van der Waals surface area contributed by atoms with Crippen LogP contribution in [-0.2, 0) is 5.60 Å². The lowest BCUT2D eigenvalue weighted by molar-refractivity contribution is 0.0442. The summed E-state index contributed by atoms with van der Waals surface area (Å²) < 4.78 is 1.07. The number of hydrogen-bond acceptors (Lipinski definition) is 2. The van der Waals surface area contributed by atoms with Gasteiger partial charge >= 0.3 is 0 Å². The lowest BCUT2D eigenvalue weighted by Gasteiger charge is -2.21. The van der Waals surface area contributed by atoms with Gasteiger partial charge in [-0.25, -0.2) is 0 Å². The van der Waals surface area contributed by atoms with E-state index in [0.29, 0.717) is 0 Å². The summed E-state index contributed by atoms with van der Waals surface area (Å²) in [7, 11) is 0. The monoisotopic (exact) mass is 246 g/mol. The molecular formula is C9H11BrOS. The van der Waals surface area contributed by atoms with Gasteiger partial charge in [0, 0.05) is 15.4 Å². The maximum atomic E-state index is 10.2. The molecule has 1 fully saturated rings. The van der Waals surface area contributed by atoms with E-state index in [4.69, 9.17) is 0 Å². The first kappa shape index (κ1) is 8.73. The minimum Gasteiger partial charge on any atom is -0.385 e. The van der Waals surface area contributed by atoms with Gasteiger partial charge in [0.2, 0.25) is 0 Å². The summed E-state index contributed by atoms with van der Waals surface area (Å²) >= 11 is 5.11. The molecular weight excluding hydrogens is 236 g/mol. The van der Waals surface area contributed by atoms with Gasteiger partial charge in [0.05, 0.1) is 5.60 Å². The van der Waals surface area contributed by atoms with Gasteiger partial charge in [-0.15, -0.1) is 0 Å². The molecule has 1 heterocycles. The summed E-state index contributed by atoms with van der Waals surface area (Å²) in [6, 6.07) is 0. The van der Waals surface area contributed by atoms with Crippen molar-refractivity contribution in [1.82, 2.24) is 0 Å². The van der Waals surface area contributed by atoms with Gasteiger partial charge in [0.25, 0.3) is 0 Å². The van der Waals surface area contributed by atoms with E-state index < -0.39 is 5.60 Å². The second kappa shape index (κ2) is 3.13. The molecule has 0 amide bonds. The van der Waals surface area contributed by atoms with Crippen LogP contribution in [0.4, 0.5) is 0 Å². The molecule has 0 saturated heterocycles. The highest BCUT2D eigenvalue weighted by atomic mass is 79.9. The Morgan fingerprint density at radius 3 is 2.50 bits per heavy atom. The molecule has 0 aliphatic heterocycles. The van der Waals surface area contributed by atoms with E-state index in [1.807, 2.05) is 5.38 Å². The molecule has 0 aromatic carbocycles. The van der Waals surface area contributed by atoms with Gasteiger partial charge in [-0.1, -0.05) is 12.8 Å². The van der Waals surface area contributed by atoms with Gasteiger partial charge in [-0.05, 0) is 34.2 Å². The summed E-state index contributed by atoms with van der Waals surface area (Å²) in [6.07, 6.45) is 4.14. The predicted molar refractivity (Wildman–Crippen MR) is 54.4 cm³/mol. The Hall–Kier alpha value is 0.140. The first-order valence-electron chi connectivity index (χ1n) is 4.17. The first-order valence-corrected chi connectivity index (χ1v) is 5.90. The lowest BCUT2D eigenvalue weighted by atomic mass is 9.95. The SMILES string of the molecule is OC1(c2cscc2Br)CCCC1. The summed E-state index contributed by atoms with van der Waals surface area (Å²) in [5.41, 5.74) is 0.559. The first-order chi connectivity index (χ1) is 5.72. The van der Waals surface area contributed by atoms with E-state index in [-0.39, 0.29) is 0 Å². The molecule has 1 aliphatic rings. The van der Waals surface area contributed by atoms with Crippen molar-refractivity contribution in [3.05, 3.63) is 20.8 Å². The third-order valence-electron chi connectivity index (χ3n) is 2.55. The topological polar surface area (TPSA) is 20.2 Å². The largest absolute Gasteiger partial charge is 0.385 e. The van der Waals surface area contributed by atoms with Crippen LogP contribution >= 0.6 is 27.3 Å². The fourth-order valence-electron chi connectivity index (χ4n) is 1.84. The van der Waals surface area contributed by atoms with Crippen LogP contribution in [-0.4, -0.2) is 5.11 Å². The minimum absolute atomic E-state index is 0.529. The Morgan fingerprint density at radius 2 is 2.00 bits per heavy atom. The van der Waals surface area contributed by atoms with Crippen molar-refractivity contribution in [2.24, 2.45) is 0 Å². The van der Waals surface area contributed by atoms with Gasteiger partial charge in [-0.2, -0.15) is 11.3 Å². The smallest absolute Gasteiger partial charge is 0.0915 e. The summed E-state index contributed by atoms with van der Waals surface area (Å²) in [5, 5.41) is 14.3. The van der Waals surface area contributed by atoms with Crippen LogP contribution in [0.3, 0.4) is 0 Å². The van der Waals surface area contributed by atoms with Crippen LogP contribution < -0.4 is 0 Å². The van der Waals surface area contributed by atoms with Gasteiger partial charge in [-0.3, -0.25) is 0 Å². The molecule has 1 aliphatic carbocycles. The van der Waals surface area contributed by atoms with Crippen LogP contribution in [0.5, 0.6) is 0 Å². The number of halogens is 1. The van der Waals surface area contributed by atoms with E-state index in [1.165, 1.54) is 0 Å². The number of aliphatic hydroxyl groups is 1. The number of rotatable bonds is 1. The molecule has 2 rings (SSSR count). The second-order valence-electron chi connectivity index (χ2n) is 3.37. The van der Waals surface area contributed by atoms with E-state index in [0.717, 1.165) is 35.7 Å². The zero-order valence-corrected chi connectivity index (χ0v) is 9.12. The van der Waals surface area contributed by atoms with Gasteiger partial charge < -0.3 is 5.11 Å². The molecule has 1 N–H and O–H groups in total. The van der Waals surface area contributed by atoms with Crippen molar-refractivity contribution in [1.29, 1.82) is 0 Å². The Balaban J connectivity index is 2.34. The van der Waals surface area contributed by atoms with Crippen LogP contribution in [0.15, 0.2) is 15.2 Å². The highest BCUT2D eigenvalue weighted by Gasteiger charge is 2.34. The molecule has 12 heavy (non-hydrogen) atoms. The maximum Gasteiger partial charge on any atom is 0.0915 e. The molecule has 0 radical (unpaired) electrons. The molecule has 0 bridgehead atoms. The highest BCUT2D eigenvalue weighted by Crippen LogP contribution is 2.42. The Labute approximate surface area is 84.6 Å². The molecule has 3 heteroatoms. The van der Waals surface area contributed by atoms with E-state index in [1.54, 1.807) is 11.3 Å². The van der Waals surface area contributed by atoms with E-state index >= 15 is 0 Å². The third-order valence-corrected chi connectivity index (χ3v) is 4.25. The molecule has 1 saturated carbocycles. The summed E-state index contributed by atoms with van der Waals surface area (Å²) in [4.78, 5) is 0. The minimum atomic E-state index is -0.529. The maximum absolute atomic E-state index is 10.2. The predicted octanol–water partition coefficient (Wildman–Crippen LogP) is 3.27. The zero-order chi connectivity index (χ0) is 8.60. The fourth-order valence-corrected chi connectivity index (χ4v) is 3.60. The Kier molecular flexibility index (Phi) is 2.27. The average Bonchev–Trinajstić information content (AvgIpc) is 2.59. The lowest BCUT2D eigenvalue weighted by Crippen LogP contribution is -2.20. The van der Waals surface area contributed by atoms with Crippen molar-refractivity contribution in [2.75, 3.05) is 0 Å². The molecule has 0 unspecified atom stereocenters. The van der Waals surface area contributed by atoms with E-state index in [9.17, 15) is 5.11 Å². The fraction of sp³-hybridized carbons (Fsp3) is 0.556.